The van der Waals surface area contributed by atoms with Crippen molar-refractivity contribution in [2.45, 2.75) is 19.3 Å². The Kier molecular flexibility index (Phi) is 5.01. The van der Waals surface area contributed by atoms with Gasteiger partial charge in [-0.15, -0.1) is 0 Å². The Hall–Kier alpha value is -4.23. The molecule has 0 bridgehead atoms. The van der Waals surface area contributed by atoms with Gasteiger partial charge < -0.3 is 4.90 Å². The van der Waals surface area contributed by atoms with E-state index < -0.39 is 5.82 Å². The van der Waals surface area contributed by atoms with Gasteiger partial charge in [-0.1, -0.05) is 0 Å². The molecule has 1 saturated heterocycles. The molecule has 156 valence electrons. The molecule has 4 aromatic rings. The number of rotatable bonds is 3. The number of halogens is 1. The maximum atomic E-state index is 14.5. The standard InChI is InChI=1S/C25H19FN6/c26-21-14-18(6-7-19(21)16-28)24-30-23-22(31-12-2-1-3-13-31)10-11-29-25(23)32(24)20-8-4-17(15-27)5-9-20/h4-11,14H,1-3,12-13H2. The van der Waals surface area contributed by atoms with Crippen molar-refractivity contribution in [2.24, 2.45) is 0 Å². The van der Waals surface area contributed by atoms with Crippen LogP contribution in [0.4, 0.5) is 10.1 Å². The van der Waals surface area contributed by atoms with E-state index in [2.05, 4.69) is 16.0 Å². The number of piperidine rings is 1. The van der Waals surface area contributed by atoms with Crippen LogP contribution in [0.25, 0.3) is 28.2 Å². The molecule has 5 rings (SSSR count). The Labute approximate surface area is 184 Å². The van der Waals surface area contributed by atoms with Crippen LogP contribution in [0.3, 0.4) is 0 Å². The lowest BCUT2D eigenvalue weighted by atomic mass is 10.1. The van der Waals surface area contributed by atoms with Crippen LogP contribution in [0.5, 0.6) is 0 Å². The number of nitrogens with zero attached hydrogens (tertiary/aromatic N) is 6. The number of aromatic nitrogens is 3. The minimum absolute atomic E-state index is 0.0121. The maximum Gasteiger partial charge on any atom is 0.167 e. The summed E-state index contributed by atoms with van der Waals surface area (Å²) in [5.74, 6) is -0.0577. The Bertz CT molecular complexity index is 1390. The minimum atomic E-state index is -0.590. The highest BCUT2D eigenvalue weighted by molar-refractivity contribution is 5.90. The first-order valence-electron chi connectivity index (χ1n) is 10.5. The molecule has 6 nitrogen and oxygen atoms in total. The molecule has 32 heavy (non-hydrogen) atoms. The molecule has 0 spiro atoms. The van der Waals surface area contributed by atoms with E-state index in [4.69, 9.17) is 15.5 Å². The molecule has 1 aliphatic heterocycles. The summed E-state index contributed by atoms with van der Waals surface area (Å²) in [6.07, 6.45) is 5.26. The summed E-state index contributed by atoms with van der Waals surface area (Å²) in [5.41, 5.74) is 4.28. The molecule has 0 N–H and O–H groups in total. The number of imidazole rings is 1. The normalized spacial score (nSPS) is 13.7. The van der Waals surface area contributed by atoms with E-state index >= 15 is 0 Å². The number of benzene rings is 2. The van der Waals surface area contributed by atoms with E-state index in [1.807, 2.05) is 28.8 Å². The zero-order valence-electron chi connectivity index (χ0n) is 17.3. The number of hydrogen-bond acceptors (Lipinski definition) is 5. The summed E-state index contributed by atoms with van der Waals surface area (Å²) in [4.78, 5) is 11.9. The molecule has 0 unspecified atom stereocenters. The zero-order chi connectivity index (χ0) is 22.1. The Morgan fingerprint density at radius 2 is 1.69 bits per heavy atom. The van der Waals surface area contributed by atoms with Crippen molar-refractivity contribution in [3.8, 4) is 29.2 Å². The van der Waals surface area contributed by atoms with Crippen molar-refractivity contribution in [1.82, 2.24) is 14.5 Å². The molecule has 0 saturated carbocycles. The first-order valence-corrected chi connectivity index (χ1v) is 10.5. The molecule has 1 aliphatic rings. The van der Waals surface area contributed by atoms with E-state index in [0.29, 0.717) is 22.6 Å². The second-order valence-electron chi connectivity index (χ2n) is 7.79. The van der Waals surface area contributed by atoms with Crippen LogP contribution in [0, 0.1) is 28.5 Å². The average molecular weight is 422 g/mol. The van der Waals surface area contributed by atoms with Gasteiger partial charge in [-0.2, -0.15) is 10.5 Å². The van der Waals surface area contributed by atoms with Crippen molar-refractivity contribution < 1.29 is 4.39 Å². The summed E-state index contributed by atoms with van der Waals surface area (Å²) in [6, 6.07) is 17.6. The first kappa shape index (κ1) is 19.7. The highest BCUT2D eigenvalue weighted by atomic mass is 19.1. The lowest BCUT2D eigenvalue weighted by Gasteiger charge is -2.28. The molecule has 2 aromatic heterocycles. The van der Waals surface area contributed by atoms with Gasteiger partial charge in [0.2, 0.25) is 0 Å². The SMILES string of the molecule is N#Cc1ccc(-n2c(-c3ccc(C#N)c(F)c3)nc3c(N4CCCCC4)ccnc32)cc1. The van der Waals surface area contributed by atoms with Crippen LogP contribution in [-0.4, -0.2) is 27.6 Å². The number of hydrogen-bond donors (Lipinski definition) is 0. The molecule has 0 amide bonds. The third kappa shape index (κ3) is 3.34. The molecule has 0 radical (unpaired) electrons. The molecular formula is C25H19FN6. The second-order valence-corrected chi connectivity index (χ2v) is 7.79. The molecule has 1 fully saturated rings. The van der Waals surface area contributed by atoms with Crippen molar-refractivity contribution in [3.63, 3.8) is 0 Å². The van der Waals surface area contributed by atoms with Gasteiger partial charge in [0.25, 0.3) is 0 Å². The minimum Gasteiger partial charge on any atom is -0.370 e. The first-order chi connectivity index (χ1) is 15.7. The molecule has 7 heteroatoms. The van der Waals surface area contributed by atoms with Crippen LogP contribution >= 0.6 is 0 Å². The summed E-state index contributed by atoms with van der Waals surface area (Å²) in [6.45, 7) is 1.92. The van der Waals surface area contributed by atoms with Gasteiger partial charge in [-0.05, 0) is 67.8 Å². The van der Waals surface area contributed by atoms with Crippen molar-refractivity contribution in [1.29, 1.82) is 10.5 Å². The van der Waals surface area contributed by atoms with Crippen LogP contribution in [0.2, 0.25) is 0 Å². The molecular weight excluding hydrogens is 403 g/mol. The van der Waals surface area contributed by atoms with Crippen LogP contribution in [-0.2, 0) is 0 Å². The fourth-order valence-electron chi connectivity index (χ4n) is 4.22. The third-order valence-electron chi connectivity index (χ3n) is 5.82. The Morgan fingerprint density at radius 1 is 0.906 bits per heavy atom. The van der Waals surface area contributed by atoms with Crippen LogP contribution in [0.1, 0.15) is 30.4 Å². The fraction of sp³-hybridized carbons (Fsp3) is 0.200. The van der Waals surface area contributed by atoms with Crippen LogP contribution < -0.4 is 4.90 Å². The number of pyridine rings is 1. The highest BCUT2D eigenvalue weighted by Crippen LogP contribution is 2.34. The summed E-state index contributed by atoms with van der Waals surface area (Å²) in [7, 11) is 0. The summed E-state index contributed by atoms with van der Waals surface area (Å²) < 4.78 is 16.4. The van der Waals surface area contributed by atoms with Gasteiger partial charge >= 0.3 is 0 Å². The van der Waals surface area contributed by atoms with E-state index in [9.17, 15) is 4.39 Å². The second kappa shape index (κ2) is 8.13. The predicted octanol–water partition coefficient (Wildman–Crippen LogP) is 4.96. The number of nitriles is 2. The van der Waals surface area contributed by atoms with Gasteiger partial charge in [0.1, 0.15) is 23.2 Å². The third-order valence-corrected chi connectivity index (χ3v) is 5.82. The molecule has 3 heterocycles. The smallest absolute Gasteiger partial charge is 0.167 e. The van der Waals surface area contributed by atoms with E-state index in [1.54, 1.807) is 24.4 Å². The fourth-order valence-corrected chi connectivity index (χ4v) is 4.22. The van der Waals surface area contributed by atoms with Crippen molar-refractivity contribution in [2.75, 3.05) is 18.0 Å². The predicted molar refractivity (Wildman–Crippen MR) is 120 cm³/mol. The van der Waals surface area contributed by atoms with Gasteiger partial charge in [0, 0.05) is 30.5 Å². The van der Waals surface area contributed by atoms with Gasteiger partial charge in [0.05, 0.1) is 22.9 Å². The molecule has 2 aromatic carbocycles. The lowest BCUT2D eigenvalue weighted by molar-refractivity contribution is 0.578. The monoisotopic (exact) mass is 422 g/mol. The average Bonchev–Trinajstić information content (AvgIpc) is 3.24. The number of fused-ring (bicyclic) bond motifs is 1. The van der Waals surface area contributed by atoms with E-state index in [1.165, 1.54) is 18.6 Å². The van der Waals surface area contributed by atoms with Crippen LogP contribution in [0.15, 0.2) is 54.7 Å². The van der Waals surface area contributed by atoms with Gasteiger partial charge in [-0.3, -0.25) is 4.57 Å². The van der Waals surface area contributed by atoms with Crippen molar-refractivity contribution in [3.05, 3.63) is 71.7 Å². The van der Waals surface area contributed by atoms with Gasteiger partial charge in [0.15, 0.2) is 5.65 Å². The summed E-state index contributed by atoms with van der Waals surface area (Å²) >= 11 is 0. The topological polar surface area (TPSA) is 81.5 Å². The maximum absolute atomic E-state index is 14.5. The highest BCUT2D eigenvalue weighted by Gasteiger charge is 2.22. The van der Waals surface area contributed by atoms with E-state index in [-0.39, 0.29) is 5.56 Å². The largest absolute Gasteiger partial charge is 0.370 e. The Balaban J connectivity index is 1.76. The summed E-state index contributed by atoms with van der Waals surface area (Å²) in [5, 5.41) is 18.3. The quantitative estimate of drug-likeness (QED) is 0.466. The van der Waals surface area contributed by atoms with Crippen molar-refractivity contribution >= 4 is 16.9 Å². The lowest BCUT2D eigenvalue weighted by Crippen LogP contribution is -2.29. The molecule has 0 aliphatic carbocycles. The Morgan fingerprint density at radius 3 is 2.38 bits per heavy atom. The molecule has 0 atom stereocenters. The van der Waals surface area contributed by atoms with E-state index in [0.717, 1.165) is 42.8 Å². The number of anilines is 1. The zero-order valence-corrected chi connectivity index (χ0v) is 17.3. The van der Waals surface area contributed by atoms with Gasteiger partial charge in [-0.25, -0.2) is 14.4 Å².